The number of rotatable bonds is 5. The molecule has 4 nitrogen and oxygen atoms in total. The highest BCUT2D eigenvalue weighted by Gasteiger charge is 2.26. The molecule has 2 unspecified atom stereocenters. The van der Waals surface area contributed by atoms with E-state index in [4.69, 9.17) is 0 Å². The van der Waals surface area contributed by atoms with E-state index in [1.165, 1.54) is 50.9 Å². The first kappa shape index (κ1) is 21.5. The highest BCUT2D eigenvalue weighted by Crippen LogP contribution is 2.26. The van der Waals surface area contributed by atoms with E-state index in [-0.39, 0.29) is 24.0 Å². The minimum atomic E-state index is 0. The van der Waals surface area contributed by atoms with Crippen LogP contribution in [0.15, 0.2) is 35.3 Å². The van der Waals surface area contributed by atoms with Crippen molar-refractivity contribution in [2.24, 2.45) is 10.9 Å². The first-order valence-electron chi connectivity index (χ1n) is 9.99. The zero-order valence-electron chi connectivity index (χ0n) is 16.4. The Bertz CT molecular complexity index is 542. The van der Waals surface area contributed by atoms with Gasteiger partial charge in [0.15, 0.2) is 5.96 Å². The van der Waals surface area contributed by atoms with Crippen molar-refractivity contribution < 1.29 is 0 Å². The molecule has 0 aliphatic carbocycles. The smallest absolute Gasteiger partial charge is 0.193 e. The molecule has 2 atom stereocenters. The molecule has 1 aromatic rings. The van der Waals surface area contributed by atoms with Crippen molar-refractivity contribution >= 4 is 29.9 Å². The van der Waals surface area contributed by atoms with E-state index in [1.54, 1.807) is 0 Å². The lowest BCUT2D eigenvalue weighted by atomic mass is 9.99. The molecular weight excluding hydrogens is 435 g/mol. The van der Waals surface area contributed by atoms with Crippen LogP contribution in [0.4, 0.5) is 0 Å². The third-order valence-corrected chi connectivity index (χ3v) is 5.60. The normalized spacial score (nSPS) is 22.8. The first-order chi connectivity index (χ1) is 12.3. The molecule has 1 aromatic carbocycles. The number of halogens is 1. The average molecular weight is 470 g/mol. The number of hydrogen-bond acceptors (Lipinski definition) is 2. The topological polar surface area (TPSA) is 30.9 Å². The van der Waals surface area contributed by atoms with Crippen LogP contribution in [0.5, 0.6) is 0 Å². The van der Waals surface area contributed by atoms with Crippen molar-refractivity contribution in [1.82, 2.24) is 15.1 Å². The third kappa shape index (κ3) is 6.12. The van der Waals surface area contributed by atoms with Gasteiger partial charge in [-0.3, -0.25) is 4.99 Å². The Labute approximate surface area is 176 Å². The van der Waals surface area contributed by atoms with Crippen LogP contribution in [0.25, 0.3) is 0 Å². The Morgan fingerprint density at radius 2 is 1.88 bits per heavy atom. The van der Waals surface area contributed by atoms with Crippen molar-refractivity contribution in [2.45, 2.75) is 38.5 Å². The maximum Gasteiger partial charge on any atom is 0.193 e. The molecule has 0 saturated carbocycles. The fourth-order valence-electron chi connectivity index (χ4n) is 4.20. The Hall–Kier alpha value is -0.820. The molecular formula is C21H35IN4. The quantitative estimate of drug-likeness (QED) is 0.404. The minimum absolute atomic E-state index is 0. The van der Waals surface area contributed by atoms with Crippen LogP contribution in [0.1, 0.15) is 44.1 Å². The van der Waals surface area contributed by atoms with E-state index in [2.05, 4.69) is 57.4 Å². The molecule has 26 heavy (non-hydrogen) atoms. The monoisotopic (exact) mass is 470 g/mol. The van der Waals surface area contributed by atoms with Crippen LogP contribution in [-0.2, 0) is 0 Å². The standard InChI is InChI=1S/C21H34N4.HI/c1-18(16-24-12-7-4-8-13-24)15-23-21(22-2)25-14-11-20(17-25)19-9-5-3-6-10-19;/h3,5-6,9-10,18,20H,4,7-8,11-17H2,1-2H3,(H,22,23);1H. The van der Waals surface area contributed by atoms with Gasteiger partial charge in [-0.1, -0.05) is 43.7 Å². The summed E-state index contributed by atoms with van der Waals surface area (Å²) in [4.78, 5) is 9.58. The van der Waals surface area contributed by atoms with Gasteiger partial charge in [-0.25, -0.2) is 0 Å². The van der Waals surface area contributed by atoms with Crippen molar-refractivity contribution in [3.8, 4) is 0 Å². The second kappa shape index (κ2) is 11.1. The lowest BCUT2D eigenvalue weighted by Gasteiger charge is -2.30. The summed E-state index contributed by atoms with van der Waals surface area (Å²) < 4.78 is 0. The van der Waals surface area contributed by atoms with Gasteiger partial charge in [0.1, 0.15) is 0 Å². The van der Waals surface area contributed by atoms with E-state index in [1.807, 2.05) is 7.05 Å². The van der Waals surface area contributed by atoms with Gasteiger partial charge >= 0.3 is 0 Å². The van der Waals surface area contributed by atoms with Crippen molar-refractivity contribution in [1.29, 1.82) is 0 Å². The first-order valence-corrected chi connectivity index (χ1v) is 9.99. The molecule has 0 bridgehead atoms. The minimum Gasteiger partial charge on any atom is -0.356 e. The number of piperidine rings is 1. The fraction of sp³-hybridized carbons (Fsp3) is 0.667. The number of aliphatic imine (C=N–C) groups is 1. The van der Waals surface area contributed by atoms with Gasteiger partial charge in [0.25, 0.3) is 0 Å². The molecule has 3 rings (SSSR count). The zero-order chi connectivity index (χ0) is 17.5. The summed E-state index contributed by atoms with van der Waals surface area (Å²) in [5.74, 6) is 2.36. The maximum atomic E-state index is 4.53. The third-order valence-electron chi connectivity index (χ3n) is 5.60. The van der Waals surface area contributed by atoms with E-state index in [9.17, 15) is 0 Å². The number of nitrogens with zero attached hydrogens (tertiary/aromatic N) is 3. The fourth-order valence-corrected chi connectivity index (χ4v) is 4.20. The summed E-state index contributed by atoms with van der Waals surface area (Å²) in [6.07, 6.45) is 5.37. The molecule has 2 fully saturated rings. The Kier molecular flexibility index (Phi) is 9.19. The summed E-state index contributed by atoms with van der Waals surface area (Å²) in [5, 5.41) is 3.62. The number of likely N-dealkylation sites (tertiary alicyclic amines) is 2. The second-order valence-corrected chi connectivity index (χ2v) is 7.74. The van der Waals surface area contributed by atoms with Gasteiger partial charge in [-0.05, 0) is 43.8 Å². The van der Waals surface area contributed by atoms with Gasteiger partial charge in [0, 0.05) is 39.1 Å². The predicted molar refractivity (Wildman–Crippen MR) is 122 cm³/mol. The summed E-state index contributed by atoms with van der Waals surface area (Å²) in [5.41, 5.74) is 1.46. The molecule has 2 aliphatic heterocycles. The van der Waals surface area contributed by atoms with Gasteiger partial charge in [0.2, 0.25) is 0 Å². The molecule has 146 valence electrons. The Morgan fingerprint density at radius 1 is 1.15 bits per heavy atom. The zero-order valence-corrected chi connectivity index (χ0v) is 18.7. The molecule has 2 heterocycles. The van der Waals surface area contributed by atoms with Gasteiger partial charge in [0.05, 0.1) is 0 Å². The summed E-state index contributed by atoms with van der Waals surface area (Å²) in [7, 11) is 1.91. The van der Waals surface area contributed by atoms with Gasteiger partial charge in [-0.15, -0.1) is 24.0 Å². The number of nitrogens with one attached hydrogen (secondary N) is 1. The molecule has 0 radical (unpaired) electrons. The SMILES string of the molecule is CN=C(NCC(C)CN1CCCCC1)N1CCC(c2ccccc2)C1.I. The second-order valence-electron chi connectivity index (χ2n) is 7.74. The van der Waals surface area contributed by atoms with E-state index >= 15 is 0 Å². The summed E-state index contributed by atoms with van der Waals surface area (Å²) in [6.45, 7) is 9.30. The van der Waals surface area contributed by atoms with Crippen molar-refractivity contribution in [2.75, 3.05) is 46.3 Å². The maximum absolute atomic E-state index is 4.53. The lowest BCUT2D eigenvalue weighted by molar-refractivity contribution is 0.200. The number of hydrogen-bond donors (Lipinski definition) is 1. The van der Waals surface area contributed by atoms with Crippen LogP contribution in [0.3, 0.4) is 0 Å². The molecule has 5 heteroatoms. The van der Waals surface area contributed by atoms with Gasteiger partial charge < -0.3 is 15.1 Å². The predicted octanol–water partition coefficient (Wildman–Crippen LogP) is 3.79. The van der Waals surface area contributed by atoms with Crippen LogP contribution in [0.2, 0.25) is 0 Å². The Balaban J connectivity index is 0.00000243. The molecule has 0 amide bonds. The number of benzene rings is 1. The van der Waals surface area contributed by atoms with Crippen LogP contribution >= 0.6 is 24.0 Å². The van der Waals surface area contributed by atoms with Crippen molar-refractivity contribution in [3.63, 3.8) is 0 Å². The molecule has 2 saturated heterocycles. The van der Waals surface area contributed by atoms with E-state index < -0.39 is 0 Å². The summed E-state index contributed by atoms with van der Waals surface area (Å²) in [6, 6.07) is 10.9. The molecule has 1 N–H and O–H groups in total. The Morgan fingerprint density at radius 3 is 2.58 bits per heavy atom. The van der Waals surface area contributed by atoms with Crippen LogP contribution in [-0.4, -0.2) is 62.1 Å². The van der Waals surface area contributed by atoms with E-state index in [0.29, 0.717) is 11.8 Å². The molecule has 0 aromatic heterocycles. The highest BCUT2D eigenvalue weighted by atomic mass is 127. The van der Waals surface area contributed by atoms with Crippen LogP contribution in [0, 0.1) is 5.92 Å². The highest BCUT2D eigenvalue weighted by molar-refractivity contribution is 14.0. The van der Waals surface area contributed by atoms with Gasteiger partial charge in [-0.2, -0.15) is 0 Å². The average Bonchev–Trinajstić information content (AvgIpc) is 3.14. The largest absolute Gasteiger partial charge is 0.356 e. The summed E-state index contributed by atoms with van der Waals surface area (Å²) >= 11 is 0. The van der Waals surface area contributed by atoms with Crippen molar-refractivity contribution in [3.05, 3.63) is 35.9 Å². The number of guanidine groups is 1. The molecule has 0 spiro atoms. The molecule has 2 aliphatic rings. The van der Waals surface area contributed by atoms with Crippen LogP contribution < -0.4 is 5.32 Å². The lowest BCUT2D eigenvalue weighted by Crippen LogP contribution is -2.43. The van der Waals surface area contributed by atoms with E-state index in [0.717, 1.165) is 25.6 Å².